The predicted molar refractivity (Wildman–Crippen MR) is 182 cm³/mol. The van der Waals surface area contributed by atoms with Gasteiger partial charge in [0.2, 0.25) is 15.8 Å². The van der Waals surface area contributed by atoms with Crippen LogP contribution in [0.2, 0.25) is 10.0 Å². The first-order valence-corrected chi connectivity index (χ1v) is 18.0. The number of sulfonamides is 1. The summed E-state index contributed by atoms with van der Waals surface area (Å²) in [7, 11) is 1.15. The minimum Gasteiger partial charge on any atom is -0.493 e. The summed E-state index contributed by atoms with van der Waals surface area (Å²) in [5.74, 6) is 0.946. The maximum Gasteiger partial charge on any atom is 0.256 e. The number of benzene rings is 3. The molecule has 1 atom stereocenters. The van der Waals surface area contributed by atoms with E-state index in [-0.39, 0.29) is 18.1 Å². The lowest BCUT2D eigenvalue weighted by Crippen LogP contribution is -2.47. The third-order valence-corrected chi connectivity index (χ3v) is 11.7. The van der Waals surface area contributed by atoms with Crippen molar-refractivity contribution in [3.05, 3.63) is 81.3 Å². The highest BCUT2D eigenvalue weighted by atomic mass is 35.5. The zero-order valence-corrected chi connectivity index (χ0v) is 29.3. The fraction of sp³-hybridized carbons (Fsp3) is 0.441. The summed E-state index contributed by atoms with van der Waals surface area (Å²) in [6.45, 7) is 3.16. The van der Waals surface area contributed by atoms with Crippen LogP contribution in [0, 0.1) is 0 Å². The van der Waals surface area contributed by atoms with Crippen LogP contribution in [0.3, 0.4) is 0 Å². The maximum absolute atomic E-state index is 13.9. The standard InChI is InChI=1S/C34H39Cl2N3O7S/c1-43-29-17-23(18-30(44-2)31(29)45-3)32(40)38-21-34(46-22-38,24-9-10-26(35)27(36)19-24)13-16-37-14-11-33(12-15-37)20-39(47(4,41)42)28-8-6-5-7-25(28)33/h5-10,17-19H,11-16,20-22H2,1-4H3/t34-/m0/s1. The van der Waals surface area contributed by atoms with E-state index in [1.54, 1.807) is 27.4 Å². The molecule has 13 heteroatoms. The van der Waals surface area contributed by atoms with Crippen molar-refractivity contribution in [1.29, 1.82) is 0 Å². The second-order valence-corrected chi connectivity index (χ2v) is 15.2. The third kappa shape index (κ3) is 6.24. The van der Waals surface area contributed by atoms with Crippen molar-refractivity contribution in [2.75, 3.05) is 71.3 Å². The predicted octanol–water partition coefficient (Wildman–Crippen LogP) is 5.55. The van der Waals surface area contributed by atoms with Crippen LogP contribution in [0.5, 0.6) is 17.2 Å². The van der Waals surface area contributed by atoms with E-state index < -0.39 is 15.6 Å². The van der Waals surface area contributed by atoms with Crippen molar-refractivity contribution >= 4 is 44.8 Å². The molecule has 1 spiro atoms. The normalized spacial score (nSPS) is 20.8. The second-order valence-electron chi connectivity index (χ2n) is 12.5. The van der Waals surface area contributed by atoms with E-state index in [0.29, 0.717) is 58.9 Å². The number of hydrogen-bond donors (Lipinski definition) is 0. The number of rotatable bonds is 9. The van der Waals surface area contributed by atoms with Gasteiger partial charge in [0.25, 0.3) is 5.91 Å². The number of carbonyl (C=O) groups is 1. The maximum atomic E-state index is 13.9. The Morgan fingerprint density at radius 3 is 2.21 bits per heavy atom. The minimum atomic E-state index is -3.38. The average molecular weight is 705 g/mol. The van der Waals surface area contributed by atoms with Gasteiger partial charge in [-0.3, -0.25) is 9.10 Å². The molecule has 47 heavy (non-hydrogen) atoms. The van der Waals surface area contributed by atoms with Crippen LogP contribution in [-0.4, -0.2) is 91.2 Å². The summed E-state index contributed by atoms with van der Waals surface area (Å²) in [6, 6.07) is 16.6. The summed E-state index contributed by atoms with van der Waals surface area (Å²) in [5.41, 5.74) is 2.08. The Morgan fingerprint density at radius 2 is 1.60 bits per heavy atom. The molecule has 3 aliphatic rings. The topological polar surface area (TPSA) is 97.9 Å². The molecular weight excluding hydrogens is 665 g/mol. The third-order valence-electron chi connectivity index (χ3n) is 9.82. The minimum absolute atomic E-state index is 0.0803. The fourth-order valence-corrected chi connectivity index (χ4v) is 8.52. The van der Waals surface area contributed by atoms with E-state index in [1.165, 1.54) is 27.6 Å². The summed E-state index contributed by atoms with van der Waals surface area (Å²) >= 11 is 12.8. The number of nitrogens with zero attached hydrogens (tertiary/aromatic N) is 3. The highest BCUT2D eigenvalue weighted by molar-refractivity contribution is 7.92. The molecule has 0 unspecified atom stereocenters. The Labute approximate surface area is 286 Å². The van der Waals surface area contributed by atoms with Crippen molar-refractivity contribution in [1.82, 2.24) is 9.80 Å². The van der Waals surface area contributed by atoms with E-state index >= 15 is 0 Å². The molecule has 3 aromatic carbocycles. The summed E-state index contributed by atoms with van der Waals surface area (Å²) in [5, 5.41) is 0.854. The van der Waals surface area contributed by atoms with Gasteiger partial charge in [-0.05, 0) is 73.8 Å². The zero-order valence-electron chi connectivity index (χ0n) is 26.9. The van der Waals surface area contributed by atoms with E-state index in [4.69, 9.17) is 42.1 Å². The first-order valence-electron chi connectivity index (χ1n) is 15.4. The quantitative estimate of drug-likeness (QED) is 0.286. The molecule has 252 valence electrons. The number of amides is 1. The Morgan fingerprint density at radius 1 is 0.915 bits per heavy atom. The van der Waals surface area contributed by atoms with Gasteiger partial charge in [-0.15, -0.1) is 0 Å². The molecular formula is C34H39Cl2N3O7S. The largest absolute Gasteiger partial charge is 0.493 e. The SMILES string of the molecule is COc1cc(C(=O)N2CO[C@](CCN3CCC4(CC3)CN(S(C)(=O)=O)c3ccccc34)(c3ccc(Cl)c(Cl)c3)C2)cc(OC)c1OC. The Hall–Kier alpha value is -3.22. The molecule has 0 aliphatic carbocycles. The molecule has 6 rings (SSSR count). The number of hydrogen-bond acceptors (Lipinski definition) is 8. The second kappa shape index (κ2) is 13.0. The summed E-state index contributed by atoms with van der Waals surface area (Å²) in [6.07, 6.45) is 3.55. The Kier molecular flexibility index (Phi) is 9.32. The number of fused-ring (bicyclic) bond motifs is 2. The van der Waals surface area contributed by atoms with Gasteiger partial charge < -0.3 is 28.7 Å². The number of ether oxygens (including phenoxy) is 4. The summed E-state index contributed by atoms with van der Waals surface area (Å²) in [4.78, 5) is 17.9. The number of halogens is 2. The number of carbonyl (C=O) groups excluding carboxylic acids is 1. The molecule has 2 fully saturated rings. The van der Waals surface area contributed by atoms with Crippen LogP contribution in [0.15, 0.2) is 54.6 Å². The number of likely N-dealkylation sites (tertiary alicyclic amines) is 1. The van der Waals surface area contributed by atoms with Crippen molar-refractivity contribution < 1.29 is 32.2 Å². The molecule has 0 bridgehead atoms. The van der Waals surface area contributed by atoms with Crippen LogP contribution in [0.4, 0.5) is 5.69 Å². The summed E-state index contributed by atoms with van der Waals surface area (Å²) < 4.78 is 49.8. The molecule has 0 saturated carbocycles. The van der Waals surface area contributed by atoms with Gasteiger partial charge in [0.05, 0.1) is 49.9 Å². The molecule has 10 nitrogen and oxygen atoms in total. The molecule has 2 saturated heterocycles. The van der Waals surface area contributed by atoms with Gasteiger partial charge in [-0.2, -0.15) is 0 Å². The van der Waals surface area contributed by atoms with Gasteiger partial charge in [-0.1, -0.05) is 47.5 Å². The zero-order chi connectivity index (χ0) is 33.6. The molecule has 0 N–H and O–H groups in total. The van der Waals surface area contributed by atoms with Gasteiger partial charge in [0, 0.05) is 24.1 Å². The highest BCUT2D eigenvalue weighted by Gasteiger charge is 2.48. The molecule has 3 heterocycles. The van der Waals surface area contributed by atoms with Crippen LogP contribution < -0.4 is 18.5 Å². The van der Waals surface area contributed by atoms with Crippen molar-refractivity contribution in [3.8, 4) is 17.2 Å². The van der Waals surface area contributed by atoms with Crippen molar-refractivity contribution in [3.63, 3.8) is 0 Å². The van der Waals surface area contributed by atoms with Gasteiger partial charge in [-0.25, -0.2) is 8.42 Å². The van der Waals surface area contributed by atoms with Gasteiger partial charge in [0.15, 0.2) is 11.5 Å². The lowest BCUT2D eigenvalue weighted by atomic mass is 9.74. The monoisotopic (exact) mass is 703 g/mol. The number of methoxy groups -OCH3 is 3. The van der Waals surface area contributed by atoms with Gasteiger partial charge >= 0.3 is 0 Å². The average Bonchev–Trinajstić information content (AvgIpc) is 3.65. The first kappa shape index (κ1) is 33.7. The Bertz CT molecular complexity index is 1760. The fourth-order valence-electron chi connectivity index (χ4n) is 7.22. The Balaban J connectivity index is 1.21. The number of para-hydroxylation sites is 1. The smallest absolute Gasteiger partial charge is 0.256 e. The highest BCUT2D eigenvalue weighted by Crippen LogP contribution is 2.48. The van der Waals surface area contributed by atoms with Gasteiger partial charge in [0.1, 0.15) is 12.3 Å². The first-order chi connectivity index (χ1) is 22.4. The molecule has 0 aromatic heterocycles. The number of anilines is 1. The molecule has 0 radical (unpaired) electrons. The van der Waals surface area contributed by atoms with E-state index in [9.17, 15) is 13.2 Å². The van der Waals surface area contributed by atoms with Crippen LogP contribution >= 0.6 is 23.2 Å². The number of piperidine rings is 1. The van der Waals surface area contributed by atoms with Crippen LogP contribution in [-0.2, 0) is 25.8 Å². The van der Waals surface area contributed by atoms with E-state index in [0.717, 1.165) is 42.7 Å². The van der Waals surface area contributed by atoms with Crippen LogP contribution in [0.25, 0.3) is 0 Å². The molecule has 1 amide bonds. The van der Waals surface area contributed by atoms with E-state index in [1.807, 2.05) is 30.3 Å². The lowest BCUT2D eigenvalue weighted by molar-refractivity contribution is -0.0136. The van der Waals surface area contributed by atoms with E-state index in [2.05, 4.69) is 11.0 Å². The lowest BCUT2D eigenvalue weighted by Gasteiger charge is -2.41. The van der Waals surface area contributed by atoms with Crippen molar-refractivity contribution in [2.45, 2.75) is 30.3 Å². The van der Waals surface area contributed by atoms with Crippen molar-refractivity contribution in [2.24, 2.45) is 0 Å². The van der Waals surface area contributed by atoms with Crippen LogP contribution in [0.1, 0.15) is 40.7 Å². The molecule has 3 aliphatic heterocycles. The molecule has 3 aromatic rings.